The molecule has 1 atom stereocenters. The van der Waals surface area contributed by atoms with E-state index < -0.39 is 0 Å². The van der Waals surface area contributed by atoms with Crippen LogP contribution >= 0.6 is 22.7 Å². The second-order valence-corrected chi connectivity index (χ2v) is 6.83. The van der Waals surface area contributed by atoms with Crippen LogP contribution in [0.25, 0.3) is 9.88 Å². The molecule has 1 aliphatic heterocycles. The van der Waals surface area contributed by atoms with Gasteiger partial charge in [-0.15, -0.1) is 22.7 Å². The fourth-order valence-corrected chi connectivity index (χ4v) is 4.05. The summed E-state index contributed by atoms with van der Waals surface area (Å²) >= 11 is 3.28. The number of nitrogens with zero attached hydrogens (tertiary/aromatic N) is 2. The highest BCUT2D eigenvalue weighted by molar-refractivity contribution is 7.20. The van der Waals surface area contributed by atoms with Gasteiger partial charge in [-0.3, -0.25) is 4.79 Å². The molecule has 6 heteroatoms. The SMILES string of the molecule is NCC1CCN(C(=O)Cc2csc(-c3cccs3)n2)C1. The van der Waals surface area contributed by atoms with E-state index in [0.29, 0.717) is 18.9 Å². The van der Waals surface area contributed by atoms with Gasteiger partial charge in [0.2, 0.25) is 5.91 Å². The first-order valence-corrected chi connectivity index (χ1v) is 8.48. The molecule has 3 rings (SSSR count). The molecule has 1 fully saturated rings. The summed E-state index contributed by atoms with van der Waals surface area (Å²) in [4.78, 5) is 19.9. The van der Waals surface area contributed by atoms with Crippen LogP contribution in [0.2, 0.25) is 0 Å². The molecule has 2 N–H and O–H groups in total. The summed E-state index contributed by atoms with van der Waals surface area (Å²) in [5.74, 6) is 0.639. The van der Waals surface area contributed by atoms with Crippen molar-refractivity contribution in [3.63, 3.8) is 0 Å². The second kappa shape index (κ2) is 6.03. The number of likely N-dealkylation sites (tertiary alicyclic amines) is 1. The third kappa shape index (κ3) is 2.92. The molecule has 0 bridgehead atoms. The van der Waals surface area contributed by atoms with Crippen molar-refractivity contribution in [2.45, 2.75) is 12.8 Å². The summed E-state index contributed by atoms with van der Waals surface area (Å²) in [5.41, 5.74) is 6.53. The van der Waals surface area contributed by atoms with Crippen LogP contribution in [0.5, 0.6) is 0 Å². The number of carbonyl (C=O) groups is 1. The van der Waals surface area contributed by atoms with E-state index in [-0.39, 0.29) is 5.91 Å². The Morgan fingerprint density at radius 3 is 3.10 bits per heavy atom. The fourth-order valence-electron chi connectivity index (χ4n) is 2.42. The Balaban J connectivity index is 1.62. The van der Waals surface area contributed by atoms with Gasteiger partial charge in [-0.1, -0.05) is 6.07 Å². The summed E-state index contributed by atoms with van der Waals surface area (Å²) in [6.07, 6.45) is 1.43. The van der Waals surface area contributed by atoms with Gasteiger partial charge in [0.1, 0.15) is 5.01 Å². The van der Waals surface area contributed by atoms with Crippen molar-refractivity contribution in [2.75, 3.05) is 19.6 Å². The van der Waals surface area contributed by atoms with Crippen LogP contribution in [0.3, 0.4) is 0 Å². The standard InChI is InChI=1S/C14H17N3OS2/c15-7-10-3-4-17(8-10)13(18)6-11-9-20-14(16-11)12-2-1-5-19-12/h1-2,5,9-10H,3-4,6-8,15H2. The van der Waals surface area contributed by atoms with E-state index in [1.54, 1.807) is 22.7 Å². The average Bonchev–Trinajstić information content (AvgIpc) is 3.19. The Hall–Kier alpha value is -1.24. The van der Waals surface area contributed by atoms with Crippen LogP contribution in [0.4, 0.5) is 0 Å². The lowest BCUT2D eigenvalue weighted by Crippen LogP contribution is -2.31. The number of carbonyl (C=O) groups excluding carboxylic acids is 1. The second-order valence-electron chi connectivity index (χ2n) is 5.03. The van der Waals surface area contributed by atoms with Gasteiger partial charge in [-0.05, 0) is 30.3 Å². The Labute approximate surface area is 126 Å². The molecule has 1 unspecified atom stereocenters. The molecule has 3 heterocycles. The molecular formula is C14H17N3OS2. The summed E-state index contributed by atoms with van der Waals surface area (Å²) in [5, 5.41) is 5.03. The molecule has 1 saturated heterocycles. The molecule has 1 aliphatic rings. The van der Waals surface area contributed by atoms with Crippen LogP contribution in [0, 0.1) is 5.92 Å². The van der Waals surface area contributed by atoms with Gasteiger partial charge in [-0.25, -0.2) is 4.98 Å². The summed E-state index contributed by atoms with van der Waals surface area (Å²) < 4.78 is 0. The van der Waals surface area contributed by atoms with E-state index in [4.69, 9.17) is 5.73 Å². The van der Waals surface area contributed by atoms with Crippen LogP contribution < -0.4 is 5.73 Å². The van der Waals surface area contributed by atoms with Crippen LogP contribution in [-0.2, 0) is 11.2 Å². The zero-order valence-electron chi connectivity index (χ0n) is 11.1. The molecular weight excluding hydrogens is 290 g/mol. The Morgan fingerprint density at radius 1 is 1.50 bits per heavy atom. The third-order valence-electron chi connectivity index (χ3n) is 3.59. The fraction of sp³-hybridized carbons (Fsp3) is 0.429. The first kappa shape index (κ1) is 13.7. The lowest BCUT2D eigenvalue weighted by atomic mass is 10.1. The number of hydrogen-bond acceptors (Lipinski definition) is 5. The first-order chi connectivity index (χ1) is 9.76. The van der Waals surface area contributed by atoms with Crippen molar-refractivity contribution in [3.05, 3.63) is 28.6 Å². The minimum atomic E-state index is 0.170. The number of nitrogens with two attached hydrogens (primary N) is 1. The Kier molecular flexibility index (Phi) is 4.14. The Morgan fingerprint density at radius 2 is 2.40 bits per heavy atom. The van der Waals surface area contributed by atoms with E-state index in [0.717, 1.165) is 35.1 Å². The number of thiazole rings is 1. The number of hydrogen-bond donors (Lipinski definition) is 1. The highest BCUT2D eigenvalue weighted by Gasteiger charge is 2.25. The van der Waals surface area contributed by atoms with Crippen molar-refractivity contribution >= 4 is 28.6 Å². The number of amides is 1. The van der Waals surface area contributed by atoms with Gasteiger partial charge in [0.25, 0.3) is 0 Å². The maximum absolute atomic E-state index is 12.2. The predicted molar refractivity (Wildman–Crippen MR) is 82.9 cm³/mol. The summed E-state index contributed by atoms with van der Waals surface area (Å²) in [7, 11) is 0. The zero-order valence-corrected chi connectivity index (χ0v) is 12.8. The van der Waals surface area contributed by atoms with Crippen molar-refractivity contribution in [1.82, 2.24) is 9.88 Å². The van der Waals surface area contributed by atoms with Crippen LogP contribution in [0.1, 0.15) is 12.1 Å². The van der Waals surface area contributed by atoms with Crippen LogP contribution in [-0.4, -0.2) is 35.4 Å². The quantitative estimate of drug-likeness (QED) is 0.942. The van der Waals surface area contributed by atoms with Crippen molar-refractivity contribution in [2.24, 2.45) is 11.7 Å². The van der Waals surface area contributed by atoms with E-state index in [9.17, 15) is 4.79 Å². The highest BCUT2D eigenvalue weighted by atomic mass is 32.1. The molecule has 4 nitrogen and oxygen atoms in total. The maximum Gasteiger partial charge on any atom is 0.228 e. The molecule has 2 aromatic heterocycles. The van der Waals surface area contributed by atoms with Crippen LogP contribution in [0.15, 0.2) is 22.9 Å². The zero-order chi connectivity index (χ0) is 13.9. The van der Waals surface area contributed by atoms with Gasteiger partial charge in [-0.2, -0.15) is 0 Å². The third-order valence-corrected chi connectivity index (χ3v) is 5.52. The minimum absolute atomic E-state index is 0.170. The average molecular weight is 307 g/mol. The van der Waals surface area contributed by atoms with Gasteiger partial charge in [0, 0.05) is 18.5 Å². The monoisotopic (exact) mass is 307 g/mol. The molecule has 1 amide bonds. The molecule has 0 spiro atoms. The molecule has 0 radical (unpaired) electrons. The number of thiophene rings is 1. The number of aromatic nitrogens is 1. The minimum Gasteiger partial charge on any atom is -0.342 e. The molecule has 106 valence electrons. The molecule has 0 aromatic carbocycles. The molecule has 0 saturated carbocycles. The van der Waals surface area contributed by atoms with Gasteiger partial charge in [0.15, 0.2) is 0 Å². The lowest BCUT2D eigenvalue weighted by molar-refractivity contribution is -0.129. The smallest absolute Gasteiger partial charge is 0.228 e. The molecule has 2 aromatic rings. The van der Waals surface area contributed by atoms with E-state index >= 15 is 0 Å². The summed E-state index contributed by atoms with van der Waals surface area (Å²) in [6, 6.07) is 4.07. The Bertz CT molecular complexity index is 579. The first-order valence-electron chi connectivity index (χ1n) is 6.72. The topological polar surface area (TPSA) is 59.2 Å². The van der Waals surface area contributed by atoms with Crippen molar-refractivity contribution in [3.8, 4) is 9.88 Å². The number of rotatable bonds is 4. The maximum atomic E-state index is 12.2. The molecule has 0 aliphatic carbocycles. The van der Waals surface area contributed by atoms with Crippen molar-refractivity contribution in [1.29, 1.82) is 0 Å². The van der Waals surface area contributed by atoms with Gasteiger partial charge >= 0.3 is 0 Å². The lowest BCUT2D eigenvalue weighted by Gasteiger charge is -2.15. The van der Waals surface area contributed by atoms with Gasteiger partial charge < -0.3 is 10.6 Å². The van der Waals surface area contributed by atoms with E-state index in [2.05, 4.69) is 11.1 Å². The largest absolute Gasteiger partial charge is 0.342 e. The van der Waals surface area contributed by atoms with E-state index in [1.807, 2.05) is 21.7 Å². The summed E-state index contributed by atoms with van der Waals surface area (Å²) in [6.45, 7) is 2.31. The molecule has 20 heavy (non-hydrogen) atoms. The van der Waals surface area contributed by atoms with Gasteiger partial charge in [0.05, 0.1) is 17.0 Å². The predicted octanol–water partition coefficient (Wildman–Crippen LogP) is 2.22. The highest BCUT2D eigenvalue weighted by Crippen LogP contribution is 2.28. The van der Waals surface area contributed by atoms with Crippen molar-refractivity contribution < 1.29 is 4.79 Å². The van der Waals surface area contributed by atoms with E-state index in [1.165, 1.54) is 0 Å². The normalized spacial score (nSPS) is 18.6.